The summed E-state index contributed by atoms with van der Waals surface area (Å²) < 4.78 is 1.59. The van der Waals surface area contributed by atoms with Gasteiger partial charge in [-0.2, -0.15) is 10.4 Å². The highest BCUT2D eigenvalue weighted by molar-refractivity contribution is 6.42. The van der Waals surface area contributed by atoms with Crippen molar-refractivity contribution in [1.82, 2.24) is 9.78 Å². The molecule has 2 rings (SSSR count). The van der Waals surface area contributed by atoms with Gasteiger partial charge in [-0.15, -0.1) is 0 Å². The van der Waals surface area contributed by atoms with Crippen LogP contribution in [0.1, 0.15) is 5.56 Å². The number of hydrogen-bond acceptors (Lipinski definition) is 2. The molecule has 1 heterocycles. The Hall–Kier alpha value is -1.50. The van der Waals surface area contributed by atoms with Crippen LogP contribution < -0.4 is 0 Å². The van der Waals surface area contributed by atoms with E-state index < -0.39 is 0 Å². The fraction of sp³-hybridized carbons (Fsp3) is 0.0909. The summed E-state index contributed by atoms with van der Waals surface area (Å²) in [5, 5.41) is 14.1. The lowest BCUT2D eigenvalue weighted by Gasteiger charge is -2.00. The third kappa shape index (κ3) is 1.90. The molecule has 0 unspecified atom stereocenters. The number of aryl methyl sites for hydroxylation is 1. The summed E-state index contributed by atoms with van der Waals surface area (Å²) >= 11 is 11.7. The molecule has 16 heavy (non-hydrogen) atoms. The van der Waals surface area contributed by atoms with E-state index in [2.05, 4.69) is 11.2 Å². The Morgan fingerprint density at radius 2 is 2.06 bits per heavy atom. The molecule has 0 saturated heterocycles. The van der Waals surface area contributed by atoms with Crippen molar-refractivity contribution < 1.29 is 0 Å². The highest BCUT2D eigenvalue weighted by Crippen LogP contribution is 2.29. The molecule has 0 aliphatic rings. The standard InChI is InChI=1S/C11H7Cl2N3/c1-16-6-8(5-14)11(15-16)7-2-3-9(12)10(13)4-7/h2-4,6H,1H3. The van der Waals surface area contributed by atoms with Crippen molar-refractivity contribution in [3.05, 3.63) is 40.0 Å². The third-order valence-electron chi connectivity index (χ3n) is 2.14. The maximum Gasteiger partial charge on any atom is 0.110 e. The summed E-state index contributed by atoms with van der Waals surface area (Å²) in [6.07, 6.45) is 1.66. The van der Waals surface area contributed by atoms with Gasteiger partial charge in [0.25, 0.3) is 0 Å². The van der Waals surface area contributed by atoms with Crippen LogP contribution in [0.4, 0.5) is 0 Å². The molecule has 5 heteroatoms. The van der Waals surface area contributed by atoms with Gasteiger partial charge in [-0.05, 0) is 12.1 Å². The molecule has 0 amide bonds. The first-order valence-electron chi connectivity index (χ1n) is 4.51. The van der Waals surface area contributed by atoms with Crippen molar-refractivity contribution >= 4 is 23.2 Å². The van der Waals surface area contributed by atoms with Gasteiger partial charge in [-0.1, -0.05) is 29.3 Å². The van der Waals surface area contributed by atoms with Gasteiger partial charge in [0.15, 0.2) is 0 Å². The maximum absolute atomic E-state index is 8.95. The van der Waals surface area contributed by atoms with Gasteiger partial charge in [0.05, 0.1) is 15.6 Å². The topological polar surface area (TPSA) is 41.6 Å². The molecule has 0 aliphatic carbocycles. The number of nitriles is 1. The number of halogens is 2. The van der Waals surface area contributed by atoms with Gasteiger partial charge in [0, 0.05) is 18.8 Å². The van der Waals surface area contributed by atoms with Crippen molar-refractivity contribution in [3.8, 4) is 17.3 Å². The Kier molecular flexibility index (Phi) is 2.86. The lowest BCUT2D eigenvalue weighted by molar-refractivity contribution is 0.770. The second kappa shape index (κ2) is 4.17. The van der Waals surface area contributed by atoms with Gasteiger partial charge in [-0.3, -0.25) is 4.68 Å². The van der Waals surface area contributed by atoms with Crippen molar-refractivity contribution in [2.45, 2.75) is 0 Å². The van der Waals surface area contributed by atoms with Crippen LogP contribution >= 0.6 is 23.2 Å². The first-order chi connectivity index (χ1) is 7.61. The summed E-state index contributed by atoms with van der Waals surface area (Å²) in [7, 11) is 1.77. The zero-order valence-corrected chi connectivity index (χ0v) is 9.92. The number of aromatic nitrogens is 2. The van der Waals surface area contributed by atoms with E-state index in [1.165, 1.54) is 0 Å². The smallest absolute Gasteiger partial charge is 0.110 e. The zero-order chi connectivity index (χ0) is 11.7. The van der Waals surface area contributed by atoms with E-state index in [0.717, 1.165) is 5.56 Å². The molecule has 80 valence electrons. The van der Waals surface area contributed by atoms with Gasteiger partial charge in [-0.25, -0.2) is 0 Å². The van der Waals surface area contributed by atoms with Gasteiger partial charge < -0.3 is 0 Å². The fourth-order valence-corrected chi connectivity index (χ4v) is 1.73. The molecule has 1 aromatic carbocycles. The minimum Gasteiger partial charge on any atom is -0.274 e. The van der Waals surface area contributed by atoms with Gasteiger partial charge >= 0.3 is 0 Å². The van der Waals surface area contributed by atoms with E-state index >= 15 is 0 Å². The Bertz CT molecular complexity index is 581. The zero-order valence-electron chi connectivity index (χ0n) is 8.41. The Morgan fingerprint density at radius 1 is 1.31 bits per heavy atom. The summed E-state index contributed by atoms with van der Waals surface area (Å²) in [4.78, 5) is 0. The van der Waals surface area contributed by atoms with E-state index in [-0.39, 0.29) is 0 Å². The van der Waals surface area contributed by atoms with E-state index in [0.29, 0.717) is 21.3 Å². The predicted octanol–water partition coefficient (Wildman–Crippen LogP) is 3.27. The number of rotatable bonds is 1. The van der Waals surface area contributed by atoms with E-state index in [9.17, 15) is 0 Å². The molecule has 0 N–H and O–H groups in total. The van der Waals surface area contributed by atoms with Gasteiger partial charge in [0.2, 0.25) is 0 Å². The Morgan fingerprint density at radius 3 is 2.69 bits per heavy atom. The molecule has 0 spiro atoms. The summed E-state index contributed by atoms with van der Waals surface area (Å²) in [5.41, 5.74) is 1.91. The third-order valence-corrected chi connectivity index (χ3v) is 2.88. The van der Waals surface area contributed by atoms with Crippen molar-refractivity contribution in [2.75, 3.05) is 0 Å². The predicted molar refractivity (Wildman–Crippen MR) is 63.4 cm³/mol. The van der Waals surface area contributed by atoms with Crippen LogP contribution in [0, 0.1) is 11.3 Å². The fourth-order valence-electron chi connectivity index (χ4n) is 1.43. The largest absolute Gasteiger partial charge is 0.274 e. The minimum atomic E-state index is 0.453. The molecule has 0 aliphatic heterocycles. The van der Waals surface area contributed by atoms with Crippen LogP contribution in [0.2, 0.25) is 10.0 Å². The highest BCUT2D eigenvalue weighted by atomic mass is 35.5. The molecule has 0 saturated carbocycles. The number of nitrogens with zero attached hydrogens (tertiary/aromatic N) is 3. The van der Waals surface area contributed by atoms with Crippen LogP contribution in [0.3, 0.4) is 0 Å². The second-order valence-electron chi connectivity index (χ2n) is 3.31. The molecule has 3 nitrogen and oxygen atoms in total. The first-order valence-corrected chi connectivity index (χ1v) is 5.26. The summed E-state index contributed by atoms with van der Waals surface area (Å²) in [5.74, 6) is 0. The average Bonchev–Trinajstić information content (AvgIpc) is 2.63. The molecule has 1 aromatic heterocycles. The van der Waals surface area contributed by atoms with Gasteiger partial charge in [0.1, 0.15) is 11.8 Å². The minimum absolute atomic E-state index is 0.453. The van der Waals surface area contributed by atoms with Crippen molar-refractivity contribution in [3.63, 3.8) is 0 Å². The first kappa shape index (κ1) is 11.0. The molecular formula is C11H7Cl2N3. The Labute approximate surface area is 103 Å². The summed E-state index contributed by atoms with van der Waals surface area (Å²) in [6.45, 7) is 0. The monoisotopic (exact) mass is 251 g/mol. The van der Waals surface area contributed by atoms with Crippen LogP contribution in [-0.4, -0.2) is 9.78 Å². The van der Waals surface area contributed by atoms with Crippen molar-refractivity contribution in [2.24, 2.45) is 7.05 Å². The van der Waals surface area contributed by atoms with Crippen LogP contribution in [-0.2, 0) is 7.05 Å². The van der Waals surface area contributed by atoms with E-state index in [1.54, 1.807) is 36.1 Å². The SMILES string of the molecule is Cn1cc(C#N)c(-c2ccc(Cl)c(Cl)c2)n1. The maximum atomic E-state index is 8.95. The van der Waals surface area contributed by atoms with E-state index in [1.807, 2.05) is 0 Å². The van der Waals surface area contributed by atoms with Crippen molar-refractivity contribution in [1.29, 1.82) is 5.26 Å². The molecule has 0 atom stereocenters. The molecule has 0 bridgehead atoms. The quantitative estimate of drug-likeness (QED) is 0.781. The lowest BCUT2D eigenvalue weighted by atomic mass is 10.1. The molecular weight excluding hydrogens is 245 g/mol. The number of benzene rings is 1. The lowest BCUT2D eigenvalue weighted by Crippen LogP contribution is -1.88. The van der Waals surface area contributed by atoms with E-state index in [4.69, 9.17) is 28.5 Å². The number of hydrogen-bond donors (Lipinski definition) is 0. The normalized spacial score (nSPS) is 10.1. The van der Waals surface area contributed by atoms with Crippen LogP contribution in [0.5, 0.6) is 0 Å². The molecule has 0 radical (unpaired) electrons. The average molecular weight is 252 g/mol. The van der Waals surface area contributed by atoms with Crippen LogP contribution in [0.15, 0.2) is 24.4 Å². The highest BCUT2D eigenvalue weighted by Gasteiger charge is 2.10. The Balaban J connectivity index is 2.59. The van der Waals surface area contributed by atoms with Crippen LogP contribution in [0.25, 0.3) is 11.3 Å². The molecule has 0 fully saturated rings. The molecule has 2 aromatic rings. The second-order valence-corrected chi connectivity index (χ2v) is 4.12. The summed E-state index contributed by atoms with van der Waals surface area (Å²) in [6, 6.07) is 7.27.